The lowest BCUT2D eigenvalue weighted by Gasteiger charge is -2.26. The van der Waals surface area contributed by atoms with E-state index < -0.39 is 0 Å². The van der Waals surface area contributed by atoms with Gasteiger partial charge < -0.3 is 4.74 Å². The van der Waals surface area contributed by atoms with Crippen LogP contribution in [0.1, 0.15) is 46.9 Å². The van der Waals surface area contributed by atoms with Gasteiger partial charge in [-0.05, 0) is 44.9 Å². The van der Waals surface area contributed by atoms with E-state index in [1.54, 1.807) is 0 Å². The third-order valence-electron chi connectivity index (χ3n) is 6.12. The van der Waals surface area contributed by atoms with Crippen LogP contribution in [-0.4, -0.2) is 58.2 Å². The summed E-state index contributed by atoms with van der Waals surface area (Å²) in [6.45, 7) is 7.58. The molecule has 4 heterocycles. The highest BCUT2D eigenvalue weighted by molar-refractivity contribution is 7.15. The van der Waals surface area contributed by atoms with E-state index in [1.807, 2.05) is 42.5 Å². The van der Waals surface area contributed by atoms with Gasteiger partial charge >= 0.3 is 0 Å². The number of morpholine rings is 1. The summed E-state index contributed by atoms with van der Waals surface area (Å²) in [7, 11) is 0. The van der Waals surface area contributed by atoms with Crippen LogP contribution < -0.4 is 0 Å². The van der Waals surface area contributed by atoms with Crippen LogP contribution in [0.25, 0.3) is 5.00 Å². The van der Waals surface area contributed by atoms with Gasteiger partial charge in [-0.25, -0.2) is 0 Å². The topological polar surface area (TPSA) is 55.5 Å². The zero-order valence-electron chi connectivity index (χ0n) is 18.4. The van der Waals surface area contributed by atoms with Gasteiger partial charge in [0.25, 0.3) is 0 Å². The van der Waals surface area contributed by atoms with Gasteiger partial charge in [0, 0.05) is 34.1 Å². The minimum Gasteiger partial charge on any atom is -0.379 e. The molecule has 8 heteroatoms. The third kappa shape index (κ3) is 4.53. The second-order valence-electron chi connectivity index (χ2n) is 8.34. The first-order valence-corrected chi connectivity index (χ1v) is 12.5. The molecule has 2 aromatic heterocycles. The van der Waals surface area contributed by atoms with E-state index >= 15 is 0 Å². The first-order valence-electron chi connectivity index (χ1n) is 11.3. The molecule has 0 unspecified atom stereocenters. The number of halogens is 1. The van der Waals surface area contributed by atoms with Crippen LogP contribution in [0.4, 0.5) is 0 Å². The Morgan fingerprint density at radius 3 is 2.75 bits per heavy atom. The van der Waals surface area contributed by atoms with Crippen LogP contribution in [0.2, 0.25) is 5.02 Å². The Bertz CT molecular complexity index is 1120. The average molecular weight is 470 g/mol. The summed E-state index contributed by atoms with van der Waals surface area (Å²) in [5, 5.41) is 10.6. The van der Waals surface area contributed by atoms with Gasteiger partial charge in [-0.2, -0.15) is 0 Å². The molecule has 1 fully saturated rings. The summed E-state index contributed by atoms with van der Waals surface area (Å²) in [4.78, 5) is 8.82. The number of fused-ring (bicyclic) bond motifs is 3. The highest BCUT2D eigenvalue weighted by Crippen LogP contribution is 2.35. The van der Waals surface area contributed by atoms with Crippen molar-refractivity contribution < 1.29 is 4.74 Å². The lowest BCUT2D eigenvalue weighted by molar-refractivity contribution is 0.0371. The van der Waals surface area contributed by atoms with Crippen molar-refractivity contribution in [1.29, 1.82) is 0 Å². The number of unbranched alkanes of at least 4 members (excludes halogenated alkanes) is 2. The molecule has 0 atom stereocenters. The molecular formula is C24H28ClN5OS. The predicted molar refractivity (Wildman–Crippen MR) is 130 cm³/mol. The van der Waals surface area contributed by atoms with Gasteiger partial charge in [0.15, 0.2) is 5.82 Å². The van der Waals surface area contributed by atoms with E-state index in [0.29, 0.717) is 6.54 Å². The van der Waals surface area contributed by atoms with E-state index in [0.717, 1.165) is 71.2 Å². The Labute approximate surface area is 197 Å². The molecule has 3 aromatic rings. The zero-order valence-corrected chi connectivity index (χ0v) is 20.0. The van der Waals surface area contributed by atoms with E-state index in [9.17, 15) is 0 Å². The van der Waals surface area contributed by atoms with Crippen LogP contribution in [0, 0.1) is 6.92 Å². The fraction of sp³-hybridized carbons (Fsp3) is 0.458. The van der Waals surface area contributed by atoms with Gasteiger partial charge in [0.1, 0.15) is 17.4 Å². The number of ether oxygens (including phenoxy) is 1. The van der Waals surface area contributed by atoms with Crippen LogP contribution in [0.3, 0.4) is 0 Å². The maximum absolute atomic E-state index is 6.56. The summed E-state index contributed by atoms with van der Waals surface area (Å²) in [6, 6.07) is 10.3. The van der Waals surface area contributed by atoms with Gasteiger partial charge in [-0.1, -0.05) is 36.2 Å². The highest BCUT2D eigenvalue weighted by Gasteiger charge is 2.25. The number of hydrogen-bond acceptors (Lipinski definition) is 6. The van der Waals surface area contributed by atoms with Crippen molar-refractivity contribution >= 4 is 28.6 Å². The second kappa shape index (κ2) is 9.83. The first kappa shape index (κ1) is 21.8. The molecule has 0 aliphatic carbocycles. The molecule has 2 aliphatic rings. The highest BCUT2D eigenvalue weighted by atomic mass is 35.5. The van der Waals surface area contributed by atoms with Crippen molar-refractivity contribution in [2.24, 2.45) is 4.99 Å². The largest absolute Gasteiger partial charge is 0.379 e. The summed E-state index contributed by atoms with van der Waals surface area (Å²) in [5.74, 6) is 1.78. The van der Waals surface area contributed by atoms with Crippen molar-refractivity contribution in [2.45, 2.75) is 39.2 Å². The molecule has 168 valence electrons. The van der Waals surface area contributed by atoms with Gasteiger partial charge in [0.2, 0.25) is 0 Å². The van der Waals surface area contributed by atoms with Crippen LogP contribution >= 0.6 is 22.9 Å². The molecular weight excluding hydrogens is 442 g/mol. The molecule has 5 rings (SSSR count). The Morgan fingerprint density at radius 2 is 1.91 bits per heavy atom. The summed E-state index contributed by atoms with van der Waals surface area (Å²) in [5.41, 5.74) is 3.06. The summed E-state index contributed by atoms with van der Waals surface area (Å²) < 4.78 is 7.60. The minimum atomic E-state index is 0.500. The summed E-state index contributed by atoms with van der Waals surface area (Å²) in [6.07, 6.45) is 4.75. The van der Waals surface area contributed by atoms with Gasteiger partial charge in [-0.3, -0.25) is 14.5 Å². The molecule has 0 N–H and O–H groups in total. The maximum atomic E-state index is 6.56. The number of nitrogens with zero attached hydrogens (tertiary/aromatic N) is 5. The predicted octanol–water partition coefficient (Wildman–Crippen LogP) is 4.69. The number of benzene rings is 1. The van der Waals surface area contributed by atoms with Crippen molar-refractivity contribution in [2.75, 3.05) is 32.8 Å². The van der Waals surface area contributed by atoms with Crippen molar-refractivity contribution in [3.05, 3.63) is 63.0 Å². The first-order chi connectivity index (χ1) is 15.7. The van der Waals surface area contributed by atoms with Gasteiger partial charge in [0.05, 0.1) is 18.9 Å². The fourth-order valence-corrected chi connectivity index (χ4v) is 5.91. The average Bonchev–Trinajstić information content (AvgIpc) is 3.34. The van der Waals surface area contributed by atoms with E-state index in [2.05, 4.69) is 25.7 Å². The number of aromatic nitrogens is 3. The molecule has 6 nitrogen and oxygen atoms in total. The molecule has 32 heavy (non-hydrogen) atoms. The van der Waals surface area contributed by atoms with Crippen molar-refractivity contribution in [1.82, 2.24) is 19.7 Å². The molecule has 1 aromatic carbocycles. The van der Waals surface area contributed by atoms with Gasteiger partial charge in [-0.15, -0.1) is 21.5 Å². The Hall–Kier alpha value is -2.06. The lowest BCUT2D eigenvalue weighted by atomic mass is 10.0. The number of hydrogen-bond donors (Lipinski definition) is 0. The quantitative estimate of drug-likeness (QED) is 0.471. The minimum absolute atomic E-state index is 0.500. The number of aliphatic imine (C=N–C) groups is 1. The smallest absolute Gasteiger partial charge is 0.160 e. The van der Waals surface area contributed by atoms with E-state index in [4.69, 9.17) is 21.3 Å². The number of rotatable bonds is 7. The Kier molecular flexibility index (Phi) is 6.69. The normalized spacial score (nSPS) is 16.4. The van der Waals surface area contributed by atoms with E-state index in [1.165, 1.54) is 30.7 Å². The van der Waals surface area contributed by atoms with E-state index in [-0.39, 0.29) is 0 Å². The fourth-order valence-electron chi connectivity index (χ4n) is 4.42. The third-order valence-corrected chi connectivity index (χ3v) is 7.63. The molecule has 0 amide bonds. The molecule has 0 radical (unpaired) electrons. The lowest BCUT2D eigenvalue weighted by Crippen LogP contribution is -2.36. The van der Waals surface area contributed by atoms with Crippen molar-refractivity contribution in [3.8, 4) is 5.00 Å². The maximum Gasteiger partial charge on any atom is 0.160 e. The molecule has 1 saturated heterocycles. The second-order valence-corrected chi connectivity index (χ2v) is 9.86. The monoisotopic (exact) mass is 469 g/mol. The van der Waals surface area contributed by atoms with Crippen molar-refractivity contribution in [3.63, 3.8) is 0 Å². The SMILES string of the molecule is Cc1nnc2n1-c1sc(CCCCCN3CCOCC3)cc1C(c1ccccc1Cl)=NC2. The van der Waals surface area contributed by atoms with Crippen LogP contribution in [0.15, 0.2) is 35.3 Å². The molecule has 0 spiro atoms. The number of aryl methyl sites for hydroxylation is 2. The molecule has 0 saturated carbocycles. The van der Waals surface area contributed by atoms with Crippen LogP contribution in [-0.2, 0) is 17.7 Å². The standard InChI is InChI=1S/C24H28ClN5OS/c1-17-27-28-22-16-26-23(19-8-4-5-9-21(19)25)20-15-18(32-24(20)30(17)22)7-3-2-6-10-29-11-13-31-14-12-29/h4-5,8-9,15H,2-3,6-7,10-14,16H2,1H3. The summed E-state index contributed by atoms with van der Waals surface area (Å²) >= 11 is 8.39. The Balaban J connectivity index is 1.34. The Morgan fingerprint density at radius 1 is 1.06 bits per heavy atom. The number of thiophene rings is 1. The molecule has 0 bridgehead atoms. The zero-order chi connectivity index (χ0) is 21.9. The van der Waals surface area contributed by atoms with Crippen LogP contribution in [0.5, 0.6) is 0 Å². The molecule has 2 aliphatic heterocycles.